The first-order chi connectivity index (χ1) is 5.59. The average Bonchev–Trinajstić information content (AvgIpc) is 2.23. The summed E-state index contributed by atoms with van der Waals surface area (Å²) in [6.07, 6.45) is 4.31. The van der Waals surface area contributed by atoms with Crippen LogP contribution in [0.5, 0.6) is 0 Å². The minimum absolute atomic E-state index is 0.513. The van der Waals surface area contributed by atoms with Gasteiger partial charge in [-0.25, -0.2) is 0 Å². The lowest BCUT2D eigenvalue weighted by atomic mass is 9.70. The molecule has 0 radical (unpaired) electrons. The molecule has 0 aromatic rings. The zero-order valence-electron chi connectivity index (χ0n) is 8.56. The summed E-state index contributed by atoms with van der Waals surface area (Å²) in [5, 5.41) is 3.67. The van der Waals surface area contributed by atoms with Gasteiger partial charge in [0.25, 0.3) is 0 Å². The second-order valence-electron chi connectivity index (χ2n) is 5.58. The molecule has 3 atom stereocenters. The second-order valence-corrected chi connectivity index (χ2v) is 5.58. The van der Waals surface area contributed by atoms with Crippen molar-refractivity contribution in [3.8, 4) is 0 Å². The summed E-state index contributed by atoms with van der Waals surface area (Å²) in [6, 6.07) is 0.837. The highest BCUT2D eigenvalue weighted by Crippen LogP contribution is 2.46. The second kappa shape index (κ2) is 2.73. The Morgan fingerprint density at radius 3 is 2.33 bits per heavy atom. The third-order valence-electron chi connectivity index (χ3n) is 3.71. The van der Waals surface area contributed by atoms with E-state index < -0.39 is 0 Å². The molecule has 1 saturated carbocycles. The first-order valence-corrected chi connectivity index (χ1v) is 5.32. The SMILES string of the molecule is CC(C)(C)C1C2CCNC1CC2. The summed E-state index contributed by atoms with van der Waals surface area (Å²) in [7, 11) is 0. The Balaban J connectivity index is 2.15. The lowest BCUT2D eigenvalue weighted by molar-refractivity contribution is 0.122. The van der Waals surface area contributed by atoms with Crippen LogP contribution in [0.25, 0.3) is 0 Å². The summed E-state index contributed by atoms with van der Waals surface area (Å²) in [5.41, 5.74) is 0.513. The van der Waals surface area contributed by atoms with E-state index >= 15 is 0 Å². The molecule has 2 bridgehead atoms. The van der Waals surface area contributed by atoms with E-state index in [9.17, 15) is 0 Å². The van der Waals surface area contributed by atoms with Crippen molar-refractivity contribution in [1.82, 2.24) is 5.32 Å². The minimum Gasteiger partial charge on any atom is -0.314 e. The van der Waals surface area contributed by atoms with Crippen molar-refractivity contribution in [3.63, 3.8) is 0 Å². The fourth-order valence-electron chi connectivity index (χ4n) is 3.40. The molecule has 1 saturated heterocycles. The van der Waals surface area contributed by atoms with Crippen molar-refractivity contribution in [1.29, 1.82) is 0 Å². The fraction of sp³-hybridized carbons (Fsp3) is 1.00. The topological polar surface area (TPSA) is 12.0 Å². The van der Waals surface area contributed by atoms with Gasteiger partial charge in [0, 0.05) is 6.04 Å². The van der Waals surface area contributed by atoms with Gasteiger partial charge in [0.1, 0.15) is 0 Å². The third-order valence-corrected chi connectivity index (χ3v) is 3.71. The molecule has 0 amide bonds. The Hall–Kier alpha value is -0.0400. The van der Waals surface area contributed by atoms with Gasteiger partial charge in [-0.15, -0.1) is 0 Å². The predicted molar refractivity (Wildman–Crippen MR) is 52.1 cm³/mol. The van der Waals surface area contributed by atoms with Gasteiger partial charge in [-0.1, -0.05) is 20.8 Å². The highest BCUT2D eigenvalue weighted by molar-refractivity contribution is 4.98. The molecule has 3 unspecified atom stereocenters. The van der Waals surface area contributed by atoms with Crippen LogP contribution in [0.4, 0.5) is 0 Å². The van der Waals surface area contributed by atoms with Gasteiger partial charge in [-0.3, -0.25) is 0 Å². The molecular weight excluding hydrogens is 146 g/mol. The van der Waals surface area contributed by atoms with Crippen molar-refractivity contribution in [2.24, 2.45) is 17.3 Å². The smallest absolute Gasteiger partial charge is 0.0103 e. The molecule has 1 nitrogen and oxygen atoms in total. The number of hydrogen-bond donors (Lipinski definition) is 1. The maximum atomic E-state index is 3.67. The van der Waals surface area contributed by atoms with Gasteiger partial charge in [0.2, 0.25) is 0 Å². The monoisotopic (exact) mass is 167 g/mol. The first kappa shape index (κ1) is 8.55. The molecule has 0 aromatic heterocycles. The molecule has 1 heteroatoms. The minimum atomic E-state index is 0.513. The lowest BCUT2D eigenvalue weighted by Gasteiger charge is -2.40. The fourth-order valence-corrected chi connectivity index (χ4v) is 3.40. The summed E-state index contributed by atoms with van der Waals surface area (Å²) in [4.78, 5) is 0. The van der Waals surface area contributed by atoms with Crippen molar-refractivity contribution in [2.75, 3.05) is 6.54 Å². The van der Waals surface area contributed by atoms with E-state index in [4.69, 9.17) is 0 Å². The Morgan fingerprint density at radius 2 is 1.83 bits per heavy atom. The average molecular weight is 167 g/mol. The highest BCUT2D eigenvalue weighted by Gasteiger charge is 2.44. The highest BCUT2D eigenvalue weighted by atomic mass is 15.0. The van der Waals surface area contributed by atoms with Crippen LogP contribution < -0.4 is 5.32 Å². The standard InChI is InChI=1S/C11H21N/c1-11(2,3)10-8-4-5-9(10)12-7-6-8/h8-10,12H,4-7H2,1-3H3. The Morgan fingerprint density at radius 1 is 1.08 bits per heavy atom. The van der Waals surface area contributed by atoms with Gasteiger partial charge in [-0.05, 0) is 43.1 Å². The van der Waals surface area contributed by atoms with Crippen LogP contribution in [0.3, 0.4) is 0 Å². The molecule has 2 aliphatic rings. The molecule has 0 spiro atoms. The van der Waals surface area contributed by atoms with Crippen molar-refractivity contribution < 1.29 is 0 Å². The van der Waals surface area contributed by atoms with E-state index in [-0.39, 0.29) is 0 Å². The van der Waals surface area contributed by atoms with Crippen molar-refractivity contribution in [2.45, 2.75) is 46.1 Å². The maximum Gasteiger partial charge on any atom is 0.0103 e. The molecule has 70 valence electrons. The predicted octanol–water partition coefficient (Wildman–Crippen LogP) is 2.42. The quantitative estimate of drug-likeness (QED) is 0.584. The van der Waals surface area contributed by atoms with E-state index in [0.29, 0.717) is 5.41 Å². The number of hydrogen-bond acceptors (Lipinski definition) is 1. The van der Waals surface area contributed by atoms with Gasteiger partial charge in [0.05, 0.1) is 0 Å². The molecular formula is C11H21N. The molecule has 2 fully saturated rings. The normalized spacial score (nSPS) is 41.8. The van der Waals surface area contributed by atoms with E-state index in [0.717, 1.165) is 17.9 Å². The number of nitrogens with one attached hydrogen (secondary N) is 1. The number of piperidine rings is 1. The Kier molecular flexibility index (Phi) is 1.95. The molecule has 2 rings (SSSR count). The van der Waals surface area contributed by atoms with E-state index in [1.165, 1.54) is 25.8 Å². The number of rotatable bonds is 0. The van der Waals surface area contributed by atoms with Crippen LogP contribution >= 0.6 is 0 Å². The summed E-state index contributed by atoms with van der Waals surface area (Å²) in [6.45, 7) is 8.46. The van der Waals surface area contributed by atoms with Crippen LogP contribution in [-0.4, -0.2) is 12.6 Å². The van der Waals surface area contributed by atoms with Crippen LogP contribution in [-0.2, 0) is 0 Å². The lowest BCUT2D eigenvalue weighted by Crippen LogP contribution is -2.45. The van der Waals surface area contributed by atoms with Gasteiger partial charge >= 0.3 is 0 Å². The van der Waals surface area contributed by atoms with E-state index in [1.807, 2.05) is 0 Å². The van der Waals surface area contributed by atoms with E-state index in [2.05, 4.69) is 26.1 Å². The first-order valence-electron chi connectivity index (χ1n) is 5.32. The van der Waals surface area contributed by atoms with Crippen LogP contribution in [0.1, 0.15) is 40.0 Å². The Labute approximate surface area is 75.9 Å². The van der Waals surface area contributed by atoms with Crippen molar-refractivity contribution >= 4 is 0 Å². The molecule has 0 aromatic carbocycles. The largest absolute Gasteiger partial charge is 0.314 e. The van der Waals surface area contributed by atoms with Gasteiger partial charge in [0.15, 0.2) is 0 Å². The molecule has 1 aliphatic heterocycles. The van der Waals surface area contributed by atoms with Crippen LogP contribution in [0, 0.1) is 17.3 Å². The summed E-state index contributed by atoms with van der Waals surface area (Å²) < 4.78 is 0. The van der Waals surface area contributed by atoms with Crippen molar-refractivity contribution in [3.05, 3.63) is 0 Å². The molecule has 1 N–H and O–H groups in total. The van der Waals surface area contributed by atoms with Crippen LogP contribution in [0.2, 0.25) is 0 Å². The maximum absolute atomic E-state index is 3.67. The zero-order valence-corrected chi connectivity index (χ0v) is 8.56. The third kappa shape index (κ3) is 1.28. The van der Waals surface area contributed by atoms with Gasteiger partial charge < -0.3 is 5.32 Å². The van der Waals surface area contributed by atoms with Gasteiger partial charge in [-0.2, -0.15) is 0 Å². The van der Waals surface area contributed by atoms with Crippen LogP contribution in [0.15, 0.2) is 0 Å². The van der Waals surface area contributed by atoms with E-state index in [1.54, 1.807) is 0 Å². The Bertz CT molecular complexity index is 152. The summed E-state index contributed by atoms with van der Waals surface area (Å²) in [5.74, 6) is 1.96. The number of fused-ring (bicyclic) bond motifs is 2. The molecule has 12 heavy (non-hydrogen) atoms. The molecule has 1 aliphatic carbocycles. The summed E-state index contributed by atoms with van der Waals surface area (Å²) >= 11 is 0. The molecule has 1 heterocycles. The zero-order chi connectivity index (χ0) is 8.77.